The third-order valence-electron chi connectivity index (χ3n) is 4.26. The Labute approximate surface area is 150 Å². The van der Waals surface area contributed by atoms with Crippen molar-refractivity contribution >= 4 is 23.2 Å². The van der Waals surface area contributed by atoms with E-state index in [9.17, 15) is 4.79 Å². The Morgan fingerprint density at radius 2 is 1.96 bits per heavy atom. The van der Waals surface area contributed by atoms with Gasteiger partial charge in [0.25, 0.3) is 11.8 Å². The van der Waals surface area contributed by atoms with Crippen molar-refractivity contribution in [3.63, 3.8) is 0 Å². The number of amides is 1. The van der Waals surface area contributed by atoms with Gasteiger partial charge in [-0.2, -0.15) is 4.98 Å². The molecule has 0 bridgehead atoms. The van der Waals surface area contributed by atoms with Gasteiger partial charge in [0, 0.05) is 19.3 Å². The van der Waals surface area contributed by atoms with Crippen LogP contribution in [0, 0.1) is 6.92 Å². The zero-order valence-corrected chi connectivity index (χ0v) is 14.6. The number of imidazole rings is 1. The molecule has 1 saturated heterocycles. The number of hydrogen-bond acceptors (Lipinski definition) is 7. The van der Waals surface area contributed by atoms with Gasteiger partial charge >= 0.3 is 0 Å². The molecule has 1 fully saturated rings. The number of nitrogens with zero attached hydrogens (tertiary/aromatic N) is 6. The van der Waals surface area contributed by atoms with Crippen LogP contribution in [0.5, 0.6) is 5.88 Å². The molecule has 4 rings (SSSR count). The molecule has 9 nitrogen and oxygen atoms in total. The standard InChI is InChI=1S/C17H19N7O2/c1-11-9-24-10-13(22-17(26-2)15(24)20-11)21-16(25)12-7-19-14(8-18-12)23-5-3-4-6-23/h7-10H,3-6H2,1-2H3,(H,21,25). The molecule has 1 aliphatic heterocycles. The summed E-state index contributed by atoms with van der Waals surface area (Å²) in [7, 11) is 1.51. The Hall–Kier alpha value is -3.23. The van der Waals surface area contributed by atoms with E-state index in [4.69, 9.17) is 4.74 Å². The molecule has 4 heterocycles. The highest BCUT2D eigenvalue weighted by atomic mass is 16.5. The van der Waals surface area contributed by atoms with Crippen LogP contribution in [0.3, 0.4) is 0 Å². The lowest BCUT2D eigenvalue weighted by molar-refractivity contribution is 0.102. The highest BCUT2D eigenvalue weighted by Crippen LogP contribution is 2.20. The summed E-state index contributed by atoms with van der Waals surface area (Å²) in [5, 5.41) is 2.73. The Morgan fingerprint density at radius 1 is 1.15 bits per heavy atom. The molecule has 3 aromatic rings. The zero-order chi connectivity index (χ0) is 18.1. The molecule has 1 amide bonds. The van der Waals surface area contributed by atoms with Crippen LogP contribution in [0.2, 0.25) is 0 Å². The lowest BCUT2D eigenvalue weighted by atomic mass is 10.4. The van der Waals surface area contributed by atoms with Crippen molar-refractivity contribution in [2.75, 3.05) is 30.4 Å². The van der Waals surface area contributed by atoms with Crippen molar-refractivity contribution in [3.8, 4) is 5.88 Å². The summed E-state index contributed by atoms with van der Waals surface area (Å²) in [6.45, 7) is 3.84. The van der Waals surface area contributed by atoms with E-state index in [1.165, 1.54) is 13.3 Å². The second-order valence-electron chi connectivity index (χ2n) is 6.16. The second kappa shape index (κ2) is 6.58. The van der Waals surface area contributed by atoms with E-state index in [1.807, 2.05) is 13.1 Å². The summed E-state index contributed by atoms with van der Waals surface area (Å²) in [5.41, 5.74) is 1.66. The Bertz CT molecular complexity index is 946. The van der Waals surface area contributed by atoms with Gasteiger partial charge in [0.1, 0.15) is 11.5 Å². The van der Waals surface area contributed by atoms with Crippen LogP contribution >= 0.6 is 0 Å². The van der Waals surface area contributed by atoms with Crippen molar-refractivity contribution < 1.29 is 9.53 Å². The number of ether oxygens (including phenoxy) is 1. The number of carbonyl (C=O) groups is 1. The highest BCUT2D eigenvalue weighted by molar-refractivity contribution is 6.02. The fourth-order valence-electron chi connectivity index (χ4n) is 3.02. The molecule has 134 valence electrons. The SMILES string of the molecule is COc1nc(NC(=O)c2cnc(N3CCCC3)cn2)cn2cc(C)nc12. The van der Waals surface area contributed by atoms with Crippen LogP contribution in [-0.2, 0) is 0 Å². The normalized spacial score (nSPS) is 14.0. The van der Waals surface area contributed by atoms with Crippen LogP contribution in [0.1, 0.15) is 29.0 Å². The zero-order valence-electron chi connectivity index (χ0n) is 14.6. The Balaban J connectivity index is 1.54. The van der Waals surface area contributed by atoms with Gasteiger partial charge in [-0.25, -0.2) is 15.0 Å². The molecule has 3 aromatic heterocycles. The lowest BCUT2D eigenvalue weighted by Gasteiger charge is -2.15. The largest absolute Gasteiger partial charge is 0.478 e. The van der Waals surface area contributed by atoms with Crippen molar-refractivity contribution in [3.05, 3.63) is 36.2 Å². The number of carbonyl (C=O) groups excluding carboxylic acids is 1. The molecule has 0 radical (unpaired) electrons. The molecular weight excluding hydrogens is 334 g/mol. The quantitative estimate of drug-likeness (QED) is 0.762. The van der Waals surface area contributed by atoms with Gasteiger partial charge in [-0.3, -0.25) is 9.20 Å². The maximum Gasteiger partial charge on any atom is 0.277 e. The minimum absolute atomic E-state index is 0.232. The van der Waals surface area contributed by atoms with Crippen molar-refractivity contribution in [1.29, 1.82) is 0 Å². The summed E-state index contributed by atoms with van der Waals surface area (Å²) in [6.07, 6.45) is 8.96. The molecule has 0 atom stereocenters. The summed E-state index contributed by atoms with van der Waals surface area (Å²) < 4.78 is 7.03. The lowest BCUT2D eigenvalue weighted by Crippen LogP contribution is -2.20. The van der Waals surface area contributed by atoms with Gasteiger partial charge in [0.05, 0.1) is 31.4 Å². The van der Waals surface area contributed by atoms with Crippen LogP contribution in [0.15, 0.2) is 24.8 Å². The van der Waals surface area contributed by atoms with Crippen LogP contribution in [0.4, 0.5) is 11.6 Å². The maximum atomic E-state index is 12.5. The first-order chi connectivity index (χ1) is 12.6. The van der Waals surface area contributed by atoms with Gasteiger partial charge in [0.15, 0.2) is 5.82 Å². The third-order valence-corrected chi connectivity index (χ3v) is 4.26. The van der Waals surface area contributed by atoms with E-state index in [1.54, 1.807) is 16.8 Å². The number of nitrogens with one attached hydrogen (secondary N) is 1. The number of rotatable bonds is 4. The predicted molar refractivity (Wildman–Crippen MR) is 95.7 cm³/mol. The topological polar surface area (TPSA) is 97.5 Å². The fraction of sp³-hybridized carbons (Fsp3) is 0.353. The summed E-state index contributed by atoms with van der Waals surface area (Å²) in [5.74, 6) is 1.11. The third kappa shape index (κ3) is 3.03. The Morgan fingerprint density at radius 3 is 2.65 bits per heavy atom. The molecule has 0 aromatic carbocycles. The molecular formula is C17H19N7O2. The monoisotopic (exact) mass is 353 g/mol. The molecule has 9 heteroatoms. The van der Waals surface area contributed by atoms with Gasteiger partial charge in [-0.05, 0) is 19.8 Å². The number of fused-ring (bicyclic) bond motifs is 1. The molecule has 1 N–H and O–H groups in total. The van der Waals surface area contributed by atoms with E-state index in [0.29, 0.717) is 17.3 Å². The molecule has 0 unspecified atom stereocenters. The minimum Gasteiger partial charge on any atom is -0.478 e. The first-order valence-corrected chi connectivity index (χ1v) is 8.43. The first-order valence-electron chi connectivity index (χ1n) is 8.43. The van der Waals surface area contributed by atoms with Gasteiger partial charge in [-0.1, -0.05) is 0 Å². The van der Waals surface area contributed by atoms with Crippen molar-refractivity contribution in [2.45, 2.75) is 19.8 Å². The van der Waals surface area contributed by atoms with Crippen LogP contribution < -0.4 is 15.0 Å². The van der Waals surface area contributed by atoms with Crippen LogP contribution in [0.25, 0.3) is 5.65 Å². The van der Waals surface area contributed by atoms with Gasteiger partial charge < -0.3 is 15.0 Å². The number of anilines is 2. The molecule has 0 saturated carbocycles. The summed E-state index contributed by atoms with van der Waals surface area (Å²) >= 11 is 0. The van der Waals surface area contributed by atoms with Crippen molar-refractivity contribution in [1.82, 2.24) is 24.3 Å². The maximum absolute atomic E-state index is 12.5. The van der Waals surface area contributed by atoms with Crippen LogP contribution in [-0.4, -0.2) is 50.4 Å². The minimum atomic E-state index is -0.379. The number of hydrogen-bond donors (Lipinski definition) is 1. The average molecular weight is 353 g/mol. The van der Waals surface area contributed by atoms with Gasteiger partial charge in [-0.15, -0.1) is 0 Å². The number of methoxy groups -OCH3 is 1. The average Bonchev–Trinajstić information content (AvgIpc) is 3.30. The van der Waals surface area contributed by atoms with Crippen molar-refractivity contribution in [2.24, 2.45) is 0 Å². The van der Waals surface area contributed by atoms with E-state index < -0.39 is 0 Å². The summed E-state index contributed by atoms with van der Waals surface area (Å²) in [4.78, 5) is 31.8. The molecule has 0 spiro atoms. The fourth-order valence-corrected chi connectivity index (χ4v) is 3.02. The second-order valence-corrected chi connectivity index (χ2v) is 6.16. The highest BCUT2D eigenvalue weighted by Gasteiger charge is 2.16. The van der Waals surface area contributed by atoms with Gasteiger partial charge in [0.2, 0.25) is 5.65 Å². The van der Waals surface area contributed by atoms with E-state index in [0.717, 1.165) is 37.4 Å². The number of aromatic nitrogens is 5. The number of aryl methyl sites for hydroxylation is 1. The molecule has 0 aliphatic carbocycles. The van der Waals surface area contributed by atoms with E-state index in [2.05, 4.69) is 30.2 Å². The predicted octanol–water partition coefficient (Wildman–Crippen LogP) is 1.69. The molecule has 26 heavy (non-hydrogen) atoms. The van der Waals surface area contributed by atoms with E-state index >= 15 is 0 Å². The van der Waals surface area contributed by atoms with E-state index in [-0.39, 0.29) is 11.6 Å². The smallest absolute Gasteiger partial charge is 0.277 e. The first kappa shape index (κ1) is 16.2. The Kier molecular flexibility index (Phi) is 4.11. The molecule has 1 aliphatic rings. The summed E-state index contributed by atoms with van der Waals surface area (Å²) in [6, 6.07) is 0.